The molecule has 2 aromatic carbocycles. The summed E-state index contributed by atoms with van der Waals surface area (Å²) >= 11 is 7.43. The SMILES string of the molecule is CC(C)OCCCn1c(SCc2cc(=O)oc3cc(O)c(Cl)cc23)nc2ccccc2c1=O. The van der Waals surface area contributed by atoms with Gasteiger partial charge in [0.05, 0.1) is 22.0 Å². The summed E-state index contributed by atoms with van der Waals surface area (Å²) < 4.78 is 12.5. The van der Waals surface area contributed by atoms with Crippen LogP contribution in [0.3, 0.4) is 0 Å². The van der Waals surface area contributed by atoms with Crippen molar-refractivity contribution in [3.8, 4) is 5.75 Å². The van der Waals surface area contributed by atoms with E-state index in [2.05, 4.69) is 0 Å². The van der Waals surface area contributed by atoms with Crippen LogP contribution in [0.25, 0.3) is 21.9 Å². The molecule has 4 aromatic rings. The van der Waals surface area contributed by atoms with Crippen molar-refractivity contribution in [2.24, 2.45) is 0 Å². The number of hydrogen-bond donors (Lipinski definition) is 1. The molecule has 0 bridgehead atoms. The Kier molecular flexibility index (Phi) is 7.07. The summed E-state index contributed by atoms with van der Waals surface area (Å²) in [7, 11) is 0. The first-order chi connectivity index (χ1) is 15.8. The normalized spacial score (nSPS) is 11.6. The third-order valence-electron chi connectivity index (χ3n) is 5.06. The number of aromatic nitrogens is 2. The van der Waals surface area contributed by atoms with Crippen molar-refractivity contribution in [2.45, 2.75) is 43.8 Å². The summed E-state index contributed by atoms with van der Waals surface area (Å²) in [4.78, 5) is 30.0. The van der Waals surface area contributed by atoms with Crippen molar-refractivity contribution in [1.82, 2.24) is 9.55 Å². The minimum atomic E-state index is -0.533. The molecule has 0 fully saturated rings. The summed E-state index contributed by atoms with van der Waals surface area (Å²) in [5.41, 5.74) is 0.887. The maximum atomic E-state index is 13.2. The Morgan fingerprint density at radius 2 is 1.97 bits per heavy atom. The quantitative estimate of drug-likeness (QED) is 0.162. The zero-order chi connectivity index (χ0) is 23.5. The van der Waals surface area contributed by atoms with Gasteiger partial charge in [-0.1, -0.05) is 35.5 Å². The van der Waals surface area contributed by atoms with Gasteiger partial charge in [0.25, 0.3) is 5.56 Å². The van der Waals surface area contributed by atoms with Crippen molar-refractivity contribution in [3.05, 3.63) is 73.8 Å². The summed E-state index contributed by atoms with van der Waals surface area (Å²) in [5.74, 6) is 0.196. The van der Waals surface area contributed by atoms with Crippen LogP contribution in [0.4, 0.5) is 0 Å². The van der Waals surface area contributed by atoms with Gasteiger partial charge in [-0.05, 0) is 44.0 Å². The minimum absolute atomic E-state index is 0.113. The van der Waals surface area contributed by atoms with E-state index in [0.717, 1.165) is 0 Å². The first-order valence-corrected chi connectivity index (χ1v) is 11.9. The predicted molar refractivity (Wildman–Crippen MR) is 130 cm³/mol. The van der Waals surface area contributed by atoms with Gasteiger partial charge < -0.3 is 14.3 Å². The number of hydrogen-bond acceptors (Lipinski definition) is 7. The lowest BCUT2D eigenvalue weighted by molar-refractivity contribution is 0.0743. The second kappa shape index (κ2) is 9.99. The molecule has 7 nitrogen and oxygen atoms in total. The summed E-state index contributed by atoms with van der Waals surface area (Å²) in [6.07, 6.45) is 0.785. The van der Waals surface area contributed by atoms with Crippen LogP contribution < -0.4 is 11.2 Å². The fourth-order valence-corrected chi connectivity index (χ4v) is 4.67. The second-order valence-corrected chi connectivity index (χ2v) is 9.17. The fraction of sp³-hybridized carbons (Fsp3) is 0.292. The first-order valence-electron chi connectivity index (χ1n) is 10.5. The van der Waals surface area contributed by atoms with E-state index >= 15 is 0 Å². The van der Waals surface area contributed by atoms with Crippen molar-refractivity contribution in [3.63, 3.8) is 0 Å². The highest BCUT2D eigenvalue weighted by Crippen LogP contribution is 2.32. The molecule has 0 amide bonds. The Bertz CT molecular complexity index is 1430. The molecule has 0 unspecified atom stereocenters. The molecule has 33 heavy (non-hydrogen) atoms. The van der Waals surface area contributed by atoms with Gasteiger partial charge in [-0.3, -0.25) is 9.36 Å². The van der Waals surface area contributed by atoms with Gasteiger partial charge in [-0.15, -0.1) is 0 Å². The standard InChI is InChI=1S/C24H23ClN2O5S/c1-14(2)31-9-5-8-27-23(30)16-6-3-4-7-19(16)26-24(27)33-13-15-10-22(29)32-21-12-20(28)18(25)11-17(15)21/h3-4,6-7,10-12,14,28H,5,8-9,13H2,1-2H3. The number of ether oxygens (including phenoxy) is 1. The molecule has 2 heterocycles. The molecule has 0 aliphatic rings. The molecule has 2 aromatic heterocycles. The molecule has 0 aliphatic carbocycles. The highest BCUT2D eigenvalue weighted by Gasteiger charge is 2.14. The molecule has 4 rings (SSSR count). The molecule has 0 radical (unpaired) electrons. The number of halogens is 1. The van der Waals surface area contributed by atoms with E-state index in [4.69, 9.17) is 25.7 Å². The Labute approximate surface area is 199 Å². The van der Waals surface area contributed by atoms with E-state index < -0.39 is 5.63 Å². The van der Waals surface area contributed by atoms with E-state index in [-0.39, 0.29) is 28.0 Å². The van der Waals surface area contributed by atoms with Gasteiger partial charge >= 0.3 is 5.63 Å². The van der Waals surface area contributed by atoms with Crippen LogP contribution in [0, 0.1) is 0 Å². The number of thioether (sulfide) groups is 1. The summed E-state index contributed by atoms with van der Waals surface area (Å²) in [5, 5.41) is 11.7. The molecular weight excluding hydrogens is 464 g/mol. The Morgan fingerprint density at radius 1 is 1.18 bits per heavy atom. The maximum absolute atomic E-state index is 13.2. The van der Waals surface area contributed by atoms with E-state index in [1.807, 2.05) is 32.0 Å². The molecule has 9 heteroatoms. The zero-order valence-corrected chi connectivity index (χ0v) is 19.8. The van der Waals surface area contributed by atoms with Crippen LogP contribution in [0.2, 0.25) is 5.02 Å². The number of para-hydroxylation sites is 1. The van der Waals surface area contributed by atoms with Gasteiger partial charge in [0.15, 0.2) is 5.16 Å². The molecule has 172 valence electrons. The van der Waals surface area contributed by atoms with Crippen LogP contribution in [-0.4, -0.2) is 27.4 Å². The van der Waals surface area contributed by atoms with E-state index in [9.17, 15) is 14.7 Å². The van der Waals surface area contributed by atoms with Gasteiger partial charge in [-0.2, -0.15) is 0 Å². The van der Waals surface area contributed by atoms with E-state index in [1.54, 1.807) is 16.7 Å². The molecular formula is C24H23ClN2O5S. The highest BCUT2D eigenvalue weighted by atomic mass is 35.5. The fourth-order valence-electron chi connectivity index (χ4n) is 3.49. The van der Waals surface area contributed by atoms with Crippen molar-refractivity contribution >= 4 is 45.2 Å². The Hall–Kier alpha value is -2.81. The lowest BCUT2D eigenvalue weighted by Crippen LogP contribution is -2.24. The number of fused-ring (bicyclic) bond motifs is 2. The Balaban J connectivity index is 1.69. The minimum Gasteiger partial charge on any atom is -0.506 e. The second-order valence-electron chi connectivity index (χ2n) is 7.82. The smallest absolute Gasteiger partial charge is 0.336 e. The predicted octanol–water partition coefficient (Wildman–Crippen LogP) is 4.97. The van der Waals surface area contributed by atoms with Gasteiger partial charge in [0, 0.05) is 36.4 Å². The van der Waals surface area contributed by atoms with Crippen LogP contribution in [0.15, 0.2) is 61.6 Å². The number of aromatic hydroxyl groups is 1. The number of benzene rings is 2. The number of nitrogens with zero attached hydrogens (tertiary/aromatic N) is 2. The third-order valence-corrected chi connectivity index (χ3v) is 6.39. The van der Waals surface area contributed by atoms with Gasteiger partial charge in [0.2, 0.25) is 0 Å². The molecule has 0 aliphatic heterocycles. The van der Waals surface area contributed by atoms with Crippen LogP contribution >= 0.6 is 23.4 Å². The summed E-state index contributed by atoms with van der Waals surface area (Å²) in [6, 6.07) is 11.5. The highest BCUT2D eigenvalue weighted by molar-refractivity contribution is 7.98. The maximum Gasteiger partial charge on any atom is 0.336 e. The number of rotatable bonds is 8. The van der Waals surface area contributed by atoms with Crippen LogP contribution in [0.1, 0.15) is 25.8 Å². The molecule has 0 saturated carbocycles. The molecule has 0 atom stereocenters. The van der Waals surface area contributed by atoms with Gasteiger partial charge in [0.1, 0.15) is 11.3 Å². The van der Waals surface area contributed by atoms with Crippen molar-refractivity contribution in [1.29, 1.82) is 0 Å². The summed E-state index contributed by atoms with van der Waals surface area (Å²) in [6.45, 7) is 4.94. The molecule has 0 saturated heterocycles. The topological polar surface area (TPSA) is 94.6 Å². The number of phenols is 1. The van der Waals surface area contributed by atoms with Crippen LogP contribution in [-0.2, 0) is 17.0 Å². The van der Waals surface area contributed by atoms with Crippen molar-refractivity contribution in [2.75, 3.05) is 6.61 Å². The molecule has 0 spiro atoms. The number of phenolic OH excluding ortho intramolecular Hbond substituents is 1. The van der Waals surface area contributed by atoms with Crippen molar-refractivity contribution < 1.29 is 14.3 Å². The lowest BCUT2D eigenvalue weighted by Gasteiger charge is -2.14. The van der Waals surface area contributed by atoms with Crippen LogP contribution in [0.5, 0.6) is 5.75 Å². The average Bonchev–Trinajstić information content (AvgIpc) is 2.77. The zero-order valence-electron chi connectivity index (χ0n) is 18.2. The first kappa shape index (κ1) is 23.4. The largest absolute Gasteiger partial charge is 0.506 e. The van der Waals surface area contributed by atoms with Gasteiger partial charge in [-0.25, -0.2) is 9.78 Å². The van der Waals surface area contributed by atoms with E-state index in [1.165, 1.54) is 23.9 Å². The average molecular weight is 487 g/mol. The lowest BCUT2D eigenvalue weighted by atomic mass is 10.1. The molecule has 1 N–H and O–H groups in total. The third kappa shape index (κ3) is 5.24. The Morgan fingerprint density at radius 3 is 2.76 bits per heavy atom. The van der Waals surface area contributed by atoms with E-state index in [0.29, 0.717) is 52.3 Å². The monoisotopic (exact) mass is 486 g/mol.